The Balaban J connectivity index is 2.35. The maximum Gasteiger partial charge on any atom is 0.108 e. The van der Waals surface area contributed by atoms with E-state index in [9.17, 15) is 0 Å². The van der Waals surface area contributed by atoms with Crippen LogP contribution in [0.5, 0.6) is 0 Å². The predicted octanol–water partition coefficient (Wildman–Crippen LogP) is 3.32. The number of aryl methyl sites for hydroxylation is 1. The minimum absolute atomic E-state index is 0.268. The van der Waals surface area contributed by atoms with Crippen LogP contribution in [0.2, 0.25) is 5.02 Å². The topological polar surface area (TPSA) is 54.7 Å². The van der Waals surface area contributed by atoms with E-state index >= 15 is 0 Å². The van der Waals surface area contributed by atoms with Crippen LogP contribution in [0.15, 0.2) is 24.3 Å². The van der Waals surface area contributed by atoms with Crippen LogP contribution in [-0.2, 0) is 6.42 Å². The highest BCUT2D eigenvalue weighted by Gasteiger charge is 2.16. The number of imidazole rings is 1. The maximum atomic E-state index is 6.01. The molecule has 3 N–H and O–H groups in total. The zero-order valence-electron chi connectivity index (χ0n) is 10.9. The molecule has 0 bridgehead atoms. The molecule has 2 rings (SSSR count). The van der Waals surface area contributed by atoms with Crippen LogP contribution >= 0.6 is 11.6 Å². The minimum Gasteiger partial charge on any atom is -0.346 e. The number of hydrogen-bond donors (Lipinski definition) is 2. The summed E-state index contributed by atoms with van der Waals surface area (Å²) < 4.78 is 0. The molecule has 1 aromatic heterocycles. The third-order valence-electron chi connectivity index (χ3n) is 2.65. The van der Waals surface area contributed by atoms with Crippen molar-refractivity contribution in [2.75, 3.05) is 0 Å². The van der Waals surface area contributed by atoms with Crippen molar-refractivity contribution < 1.29 is 0 Å². The quantitative estimate of drug-likeness (QED) is 0.893. The largest absolute Gasteiger partial charge is 0.346 e. The summed E-state index contributed by atoms with van der Waals surface area (Å²) in [5, 5.41) is 0.718. The lowest BCUT2D eigenvalue weighted by molar-refractivity contribution is 0.504. The average Bonchev–Trinajstić information content (AvgIpc) is 2.56. The first-order chi connectivity index (χ1) is 8.35. The van der Waals surface area contributed by atoms with E-state index in [1.807, 2.05) is 45.0 Å². The lowest BCUT2D eigenvalue weighted by Gasteiger charge is -2.15. The fourth-order valence-electron chi connectivity index (χ4n) is 1.95. The molecule has 0 aliphatic heterocycles. The van der Waals surface area contributed by atoms with Crippen molar-refractivity contribution in [3.63, 3.8) is 0 Å². The number of nitrogens with zero attached hydrogens (tertiary/aromatic N) is 1. The maximum absolute atomic E-state index is 6.01. The summed E-state index contributed by atoms with van der Waals surface area (Å²) in [5.41, 5.74) is 8.75. The van der Waals surface area contributed by atoms with Gasteiger partial charge in [0.05, 0.1) is 5.69 Å². The van der Waals surface area contributed by atoms with Crippen LogP contribution in [0, 0.1) is 6.92 Å². The molecule has 0 spiro atoms. The number of nitrogens with one attached hydrogen (secondary N) is 1. The highest BCUT2D eigenvalue weighted by atomic mass is 35.5. The summed E-state index contributed by atoms with van der Waals surface area (Å²) in [7, 11) is 0. The van der Waals surface area contributed by atoms with Crippen LogP contribution < -0.4 is 5.73 Å². The molecule has 0 unspecified atom stereocenters. The summed E-state index contributed by atoms with van der Waals surface area (Å²) in [4.78, 5) is 7.90. The summed E-state index contributed by atoms with van der Waals surface area (Å²) >= 11 is 6.00. The predicted molar refractivity (Wildman–Crippen MR) is 75.7 cm³/mol. The van der Waals surface area contributed by atoms with E-state index in [4.69, 9.17) is 17.3 Å². The van der Waals surface area contributed by atoms with Gasteiger partial charge in [0.15, 0.2) is 0 Å². The Morgan fingerprint density at radius 2 is 2.11 bits per heavy atom. The van der Waals surface area contributed by atoms with Crippen molar-refractivity contribution in [3.05, 3.63) is 40.8 Å². The molecule has 0 aliphatic carbocycles. The monoisotopic (exact) mass is 263 g/mol. The Hall–Kier alpha value is -1.32. The van der Waals surface area contributed by atoms with E-state index < -0.39 is 0 Å². The molecule has 0 fully saturated rings. The van der Waals surface area contributed by atoms with E-state index in [-0.39, 0.29) is 5.54 Å². The van der Waals surface area contributed by atoms with Crippen molar-refractivity contribution in [3.8, 4) is 11.3 Å². The van der Waals surface area contributed by atoms with Crippen LogP contribution in [-0.4, -0.2) is 15.5 Å². The minimum atomic E-state index is -0.268. The van der Waals surface area contributed by atoms with Gasteiger partial charge in [-0.2, -0.15) is 0 Å². The van der Waals surface area contributed by atoms with Gasteiger partial charge >= 0.3 is 0 Å². The van der Waals surface area contributed by atoms with Crippen molar-refractivity contribution in [1.82, 2.24) is 9.97 Å². The molecule has 0 amide bonds. The van der Waals surface area contributed by atoms with Crippen LogP contribution in [0.4, 0.5) is 0 Å². The normalized spacial score (nSPS) is 11.8. The number of nitrogens with two attached hydrogens (primary N) is 1. The van der Waals surface area contributed by atoms with Crippen molar-refractivity contribution in [2.24, 2.45) is 5.73 Å². The summed E-state index contributed by atoms with van der Waals surface area (Å²) in [6.45, 7) is 5.99. The van der Waals surface area contributed by atoms with Crippen LogP contribution in [0.3, 0.4) is 0 Å². The van der Waals surface area contributed by atoms with Gasteiger partial charge in [-0.05, 0) is 32.9 Å². The van der Waals surface area contributed by atoms with Crippen LogP contribution in [0.1, 0.15) is 25.4 Å². The molecule has 0 atom stereocenters. The zero-order valence-corrected chi connectivity index (χ0v) is 11.7. The molecule has 18 heavy (non-hydrogen) atoms. The number of hydrogen-bond acceptors (Lipinski definition) is 2. The Kier molecular flexibility index (Phi) is 3.46. The summed E-state index contributed by atoms with van der Waals surface area (Å²) in [6.07, 6.45) is 0.717. The van der Waals surface area contributed by atoms with Crippen molar-refractivity contribution >= 4 is 11.6 Å². The standard InChI is InChI=1S/C14H18ClN3/c1-9-13(10-5-4-6-11(15)7-10)18-12(17-9)8-14(2,3)16/h4-7H,8,16H2,1-3H3,(H,17,18). The number of benzene rings is 1. The van der Waals surface area contributed by atoms with Gasteiger partial charge in [0.2, 0.25) is 0 Å². The fourth-order valence-corrected chi connectivity index (χ4v) is 2.14. The summed E-state index contributed by atoms with van der Waals surface area (Å²) in [5.74, 6) is 0.912. The second-order valence-corrected chi connectivity index (χ2v) is 5.77. The average molecular weight is 264 g/mol. The second kappa shape index (κ2) is 4.75. The Morgan fingerprint density at radius 3 is 2.72 bits per heavy atom. The molecule has 1 heterocycles. The smallest absolute Gasteiger partial charge is 0.108 e. The molecule has 1 aromatic carbocycles. The first-order valence-corrected chi connectivity index (χ1v) is 6.33. The number of halogens is 1. The van der Waals surface area contributed by atoms with E-state index in [0.717, 1.165) is 27.8 Å². The molecule has 3 nitrogen and oxygen atoms in total. The van der Waals surface area contributed by atoms with Gasteiger partial charge in [-0.3, -0.25) is 0 Å². The van der Waals surface area contributed by atoms with Gasteiger partial charge in [-0.15, -0.1) is 0 Å². The summed E-state index contributed by atoms with van der Waals surface area (Å²) in [6, 6.07) is 7.71. The van der Waals surface area contributed by atoms with Gasteiger partial charge in [0.25, 0.3) is 0 Å². The lowest BCUT2D eigenvalue weighted by atomic mass is 10.0. The third kappa shape index (κ3) is 3.12. The molecular formula is C14H18ClN3. The SMILES string of the molecule is Cc1[nH]c(CC(C)(C)N)nc1-c1cccc(Cl)c1. The van der Waals surface area contributed by atoms with E-state index in [1.165, 1.54) is 0 Å². The molecular weight excluding hydrogens is 246 g/mol. The molecule has 96 valence electrons. The highest BCUT2D eigenvalue weighted by Crippen LogP contribution is 2.24. The molecule has 0 aliphatic rings. The fraction of sp³-hybridized carbons (Fsp3) is 0.357. The third-order valence-corrected chi connectivity index (χ3v) is 2.89. The number of rotatable bonds is 3. The number of H-pyrrole nitrogens is 1. The van der Waals surface area contributed by atoms with Crippen LogP contribution in [0.25, 0.3) is 11.3 Å². The van der Waals surface area contributed by atoms with Crippen molar-refractivity contribution in [1.29, 1.82) is 0 Å². The molecule has 0 radical (unpaired) electrons. The Bertz CT molecular complexity index is 552. The Morgan fingerprint density at radius 1 is 1.39 bits per heavy atom. The van der Waals surface area contributed by atoms with E-state index in [2.05, 4.69) is 9.97 Å². The van der Waals surface area contributed by atoms with Gasteiger partial charge in [0, 0.05) is 28.2 Å². The number of aromatic amines is 1. The van der Waals surface area contributed by atoms with Gasteiger partial charge in [0.1, 0.15) is 5.82 Å². The highest BCUT2D eigenvalue weighted by molar-refractivity contribution is 6.30. The van der Waals surface area contributed by atoms with Gasteiger partial charge in [-0.1, -0.05) is 23.7 Å². The van der Waals surface area contributed by atoms with E-state index in [0.29, 0.717) is 6.42 Å². The zero-order chi connectivity index (χ0) is 13.3. The lowest BCUT2D eigenvalue weighted by Crippen LogP contribution is -2.34. The van der Waals surface area contributed by atoms with Gasteiger partial charge in [-0.25, -0.2) is 4.98 Å². The number of aromatic nitrogens is 2. The van der Waals surface area contributed by atoms with Crippen molar-refractivity contribution in [2.45, 2.75) is 32.7 Å². The Labute approximate surface area is 112 Å². The first kappa shape index (κ1) is 13.1. The molecule has 0 saturated carbocycles. The van der Waals surface area contributed by atoms with Gasteiger partial charge < -0.3 is 10.7 Å². The second-order valence-electron chi connectivity index (χ2n) is 5.33. The molecule has 0 saturated heterocycles. The molecule has 4 heteroatoms. The first-order valence-electron chi connectivity index (χ1n) is 5.95. The van der Waals surface area contributed by atoms with E-state index in [1.54, 1.807) is 0 Å². The molecule has 2 aromatic rings.